The van der Waals surface area contributed by atoms with Crippen LogP contribution in [0.1, 0.15) is 15.9 Å². The molecule has 3 rings (SSSR count). The minimum atomic E-state index is -4.19. The normalized spacial score (nSPS) is 14.8. The number of hydrogen-bond donors (Lipinski definition) is 2. The molecule has 0 spiro atoms. The van der Waals surface area contributed by atoms with Crippen molar-refractivity contribution >= 4 is 43.5 Å². The van der Waals surface area contributed by atoms with Crippen molar-refractivity contribution in [2.45, 2.75) is 16.7 Å². The molecule has 0 bridgehead atoms. The topological polar surface area (TPSA) is 170 Å². The van der Waals surface area contributed by atoms with Crippen molar-refractivity contribution in [3.63, 3.8) is 0 Å². The van der Waals surface area contributed by atoms with Crippen LogP contribution in [0.4, 0.5) is 5.69 Å². The van der Waals surface area contributed by atoms with Crippen molar-refractivity contribution in [2.24, 2.45) is 5.14 Å². The fraction of sp³-hybridized carbons (Fsp3) is 0.167. The molecule has 3 N–H and O–H groups in total. The zero-order chi connectivity index (χ0) is 23.0. The minimum absolute atomic E-state index is 0.0573. The highest BCUT2D eigenvalue weighted by atomic mass is 32.2. The number of carbonyl (C=O) groups is 3. The minimum Gasteiger partial charge on any atom is -0.454 e. The summed E-state index contributed by atoms with van der Waals surface area (Å²) in [6, 6.07) is 9.52. The van der Waals surface area contributed by atoms with Crippen LogP contribution in [0.25, 0.3) is 0 Å². The summed E-state index contributed by atoms with van der Waals surface area (Å²) in [4.78, 5) is 35.9. The highest BCUT2D eigenvalue weighted by molar-refractivity contribution is 7.90. The maximum atomic E-state index is 12.4. The molecule has 1 aliphatic rings. The van der Waals surface area contributed by atoms with Gasteiger partial charge < -0.3 is 10.1 Å². The second kappa shape index (κ2) is 8.09. The molecule has 164 valence electrons. The second-order valence-electron chi connectivity index (χ2n) is 6.55. The smallest absolute Gasteiger partial charge is 0.327 e. The van der Waals surface area contributed by atoms with Crippen molar-refractivity contribution in [3.05, 3.63) is 53.6 Å². The lowest BCUT2D eigenvalue weighted by atomic mass is 10.2. The molecule has 0 saturated carbocycles. The van der Waals surface area contributed by atoms with Crippen LogP contribution in [0.15, 0.2) is 52.3 Å². The first-order valence-electron chi connectivity index (χ1n) is 8.66. The van der Waals surface area contributed by atoms with Gasteiger partial charge in [-0.2, -0.15) is 0 Å². The Labute approximate surface area is 177 Å². The average Bonchev–Trinajstić information content (AvgIpc) is 2.88. The number of nitrogens with two attached hydrogens (primary N) is 1. The Kier molecular flexibility index (Phi) is 5.85. The lowest BCUT2D eigenvalue weighted by Crippen LogP contribution is -2.36. The van der Waals surface area contributed by atoms with E-state index in [0.29, 0.717) is 9.87 Å². The third-order valence-corrected chi connectivity index (χ3v) is 7.17. The lowest BCUT2D eigenvalue weighted by Gasteiger charge is -2.14. The molecule has 0 fully saturated rings. The summed E-state index contributed by atoms with van der Waals surface area (Å²) >= 11 is 0. The van der Waals surface area contributed by atoms with Gasteiger partial charge in [0.15, 0.2) is 6.61 Å². The highest BCUT2D eigenvalue weighted by Crippen LogP contribution is 2.29. The molecule has 31 heavy (non-hydrogen) atoms. The van der Waals surface area contributed by atoms with Crippen LogP contribution in [0, 0.1) is 6.92 Å². The molecule has 2 aromatic carbocycles. The van der Waals surface area contributed by atoms with Crippen LogP contribution in [-0.2, 0) is 34.4 Å². The molecule has 0 aliphatic carbocycles. The first-order valence-corrected chi connectivity index (χ1v) is 11.6. The van der Waals surface area contributed by atoms with Gasteiger partial charge in [0.05, 0.1) is 10.5 Å². The van der Waals surface area contributed by atoms with Gasteiger partial charge >= 0.3 is 5.97 Å². The summed E-state index contributed by atoms with van der Waals surface area (Å²) in [6.07, 6.45) is 0. The Morgan fingerprint density at radius 1 is 1.16 bits per heavy atom. The zero-order valence-corrected chi connectivity index (χ0v) is 17.7. The molecule has 11 nitrogen and oxygen atoms in total. The van der Waals surface area contributed by atoms with E-state index in [9.17, 15) is 31.2 Å². The Hall–Kier alpha value is -3.29. The van der Waals surface area contributed by atoms with E-state index >= 15 is 0 Å². The lowest BCUT2D eigenvalue weighted by molar-refractivity contribution is -0.147. The molecule has 0 radical (unpaired) electrons. The number of benzene rings is 2. The van der Waals surface area contributed by atoms with Crippen LogP contribution >= 0.6 is 0 Å². The first-order chi connectivity index (χ1) is 14.4. The first kappa shape index (κ1) is 22.4. The number of ether oxygens (including phenoxy) is 1. The largest absolute Gasteiger partial charge is 0.454 e. The molecule has 13 heteroatoms. The molecule has 0 aromatic heterocycles. The number of rotatable bonds is 6. The summed E-state index contributed by atoms with van der Waals surface area (Å²) < 4.78 is 53.0. The van der Waals surface area contributed by atoms with Crippen LogP contribution in [0.5, 0.6) is 0 Å². The van der Waals surface area contributed by atoms with Gasteiger partial charge in [-0.3, -0.25) is 14.4 Å². The summed E-state index contributed by atoms with van der Waals surface area (Å²) in [7, 11) is -8.19. The van der Waals surface area contributed by atoms with E-state index in [1.54, 1.807) is 0 Å². The summed E-state index contributed by atoms with van der Waals surface area (Å²) in [5, 5.41) is 7.44. The maximum absolute atomic E-state index is 12.4. The number of esters is 1. The van der Waals surface area contributed by atoms with E-state index in [1.165, 1.54) is 43.3 Å². The van der Waals surface area contributed by atoms with Crippen LogP contribution in [0.3, 0.4) is 0 Å². The number of fused-ring (bicyclic) bond motifs is 1. The number of primary sulfonamides is 1. The number of hydrogen-bond acceptors (Lipinski definition) is 8. The standard InChI is InChI=1S/C18H17N3O8S2/c1-11-6-7-12(8-15(11)30(19,25)26)20-16(22)10-29-17(23)9-21-18(24)13-4-2-3-5-14(13)31(21,27)28/h2-8H,9-10H2,1H3,(H,20,22)(H2,19,25,26). The number of anilines is 1. The number of amides is 2. The summed E-state index contributed by atoms with van der Waals surface area (Å²) in [6.45, 7) is -0.158. The predicted octanol–water partition coefficient (Wildman–Crippen LogP) is -0.0312. The number of aryl methyl sites for hydroxylation is 1. The average molecular weight is 467 g/mol. The predicted molar refractivity (Wildman–Crippen MR) is 107 cm³/mol. The quantitative estimate of drug-likeness (QED) is 0.558. The van der Waals surface area contributed by atoms with Crippen LogP contribution in [-0.4, -0.2) is 52.1 Å². The molecular weight excluding hydrogens is 450 g/mol. The van der Waals surface area contributed by atoms with Gasteiger partial charge in [-0.1, -0.05) is 18.2 Å². The van der Waals surface area contributed by atoms with Crippen molar-refractivity contribution in [2.75, 3.05) is 18.5 Å². The van der Waals surface area contributed by atoms with Gasteiger partial charge in [-0.05, 0) is 36.8 Å². The van der Waals surface area contributed by atoms with Crippen molar-refractivity contribution in [1.29, 1.82) is 0 Å². The molecule has 1 aliphatic heterocycles. The fourth-order valence-corrected chi connectivity index (χ4v) is 5.20. The van der Waals surface area contributed by atoms with Gasteiger partial charge in [0.25, 0.3) is 21.8 Å². The molecule has 1 heterocycles. The molecule has 2 aromatic rings. The van der Waals surface area contributed by atoms with E-state index < -0.39 is 51.0 Å². The molecule has 0 saturated heterocycles. The van der Waals surface area contributed by atoms with Gasteiger partial charge in [-0.25, -0.2) is 26.3 Å². The van der Waals surface area contributed by atoms with E-state index in [0.717, 1.165) is 6.07 Å². The number of nitrogens with zero attached hydrogens (tertiary/aromatic N) is 1. The monoisotopic (exact) mass is 467 g/mol. The van der Waals surface area contributed by atoms with E-state index in [2.05, 4.69) is 5.32 Å². The van der Waals surface area contributed by atoms with Gasteiger partial charge in [-0.15, -0.1) is 0 Å². The van der Waals surface area contributed by atoms with Crippen LogP contribution in [0.2, 0.25) is 0 Å². The third-order valence-electron chi connectivity index (χ3n) is 4.33. The molecule has 0 unspecified atom stereocenters. The summed E-state index contributed by atoms with van der Waals surface area (Å²) in [5.74, 6) is -2.79. The summed E-state index contributed by atoms with van der Waals surface area (Å²) in [5.41, 5.74) is 0.422. The number of sulfonamides is 2. The second-order valence-corrected chi connectivity index (χ2v) is 9.91. The Morgan fingerprint density at radius 3 is 2.48 bits per heavy atom. The number of nitrogens with one attached hydrogen (secondary N) is 1. The van der Waals surface area contributed by atoms with E-state index in [1.807, 2.05) is 0 Å². The van der Waals surface area contributed by atoms with Crippen molar-refractivity contribution in [3.8, 4) is 0 Å². The highest BCUT2D eigenvalue weighted by Gasteiger charge is 2.42. The molecular formula is C18H17N3O8S2. The zero-order valence-electron chi connectivity index (χ0n) is 16.1. The molecule has 2 amide bonds. The SMILES string of the molecule is Cc1ccc(NC(=O)COC(=O)CN2C(=O)c3ccccc3S2(=O)=O)cc1S(N)(=O)=O. The Balaban J connectivity index is 1.61. The van der Waals surface area contributed by atoms with Crippen LogP contribution < -0.4 is 10.5 Å². The third kappa shape index (κ3) is 4.57. The maximum Gasteiger partial charge on any atom is 0.327 e. The van der Waals surface area contributed by atoms with Gasteiger partial charge in [0, 0.05) is 5.69 Å². The molecule has 0 atom stereocenters. The van der Waals surface area contributed by atoms with Gasteiger partial charge in [0.2, 0.25) is 10.0 Å². The number of carbonyl (C=O) groups excluding carboxylic acids is 3. The Morgan fingerprint density at radius 2 is 1.84 bits per heavy atom. The van der Waals surface area contributed by atoms with E-state index in [-0.39, 0.29) is 21.0 Å². The Bertz CT molecular complexity index is 1300. The van der Waals surface area contributed by atoms with Gasteiger partial charge in [0.1, 0.15) is 11.4 Å². The van der Waals surface area contributed by atoms with Crippen molar-refractivity contribution < 1.29 is 36.0 Å². The van der Waals surface area contributed by atoms with E-state index in [4.69, 9.17) is 9.88 Å². The fourth-order valence-electron chi connectivity index (χ4n) is 2.88. The van der Waals surface area contributed by atoms with Crippen molar-refractivity contribution in [1.82, 2.24) is 4.31 Å².